The van der Waals surface area contributed by atoms with Gasteiger partial charge in [0.1, 0.15) is 0 Å². The summed E-state index contributed by atoms with van der Waals surface area (Å²) in [5.74, 6) is 0. The first-order chi connectivity index (χ1) is 4.16. The van der Waals surface area contributed by atoms with Gasteiger partial charge >= 0.3 is 0 Å². The lowest BCUT2D eigenvalue weighted by molar-refractivity contribution is 1.11. The lowest BCUT2D eigenvalue weighted by atomic mass is 10.3. The largest absolute Gasteiger partial charge is 0.0921 e. The van der Waals surface area contributed by atoms with Crippen LogP contribution in [0.25, 0.3) is 0 Å². The summed E-state index contributed by atoms with van der Waals surface area (Å²) in [7, 11) is 0. The van der Waals surface area contributed by atoms with Crippen LogP contribution in [-0.2, 0) is 0 Å². The molecule has 2 heteroatoms. The molecule has 0 radical (unpaired) electrons. The third kappa shape index (κ3) is 6.45. The van der Waals surface area contributed by atoms with Crippen LogP contribution in [0.3, 0.4) is 0 Å². The monoisotopic (exact) mass is 254 g/mol. The number of allylic oxidation sites excluding steroid dienone is 1. The SMILES string of the molecule is C=C(I)S/C=C(\C)CC. The Kier molecular flexibility index (Phi) is 5.69. The fraction of sp³-hybridized carbons (Fsp3) is 0.429. The van der Waals surface area contributed by atoms with Crippen LogP contribution in [0.5, 0.6) is 0 Å². The highest BCUT2D eigenvalue weighted by Crippen LogP contribution is 2.23. The highest BCUT2D eigenvalue weighted by atomic mass is 127. The molecule has 0 heterocycles. The van der Waals surface area contributed by atoms with Crippen LogP contribution in [0.2, 0.25) is 0 Å². The maximum absolute atomic E-state index is 3.77. The van der Waals surface area contributed by atoms with Gasteiger partial charge in [-0.1, -0.05) is 30.8 Å². The van der Waals surface area contributed by atoms with Crippen molar-refractivity contribution in [1.82, 2.24) is 0 Å². The zero-order chi connectivity index (χ0) is 7.28. The Bertz CT molecular complexity index is 127. The molecule has 0 aliphatic carbocycles. The van der Waals surface area contributed by atoms with Gasteiger partial charge in [-0.05, 0) is 41.3 Å². The summed E-state index contributed by atoms with van der Waals surface area (Å²) in [4.78, 5) is 0. The first kappa shape index (κ1) is 9.56. The standard InChI is InChI=1S/C7H11IS/c1-4-6(2)5-9-7(3)8/h5H,3-4H2,1-2H3/b6-5+. The summed E-state index contributed by atoms with van der Waals surface area (Å²) in [6.45, 7) is 8.05. The molecule has 0 fully saturated rings. The minimum absolute atomic E-state index is 1.13. The third-order valence-electron chi connectivity index (χ3n) is 0.946. The van der Waals surface area contributed by atoms with Crippen LogP contribution in [-0.4, -0.2) is 0 Å². The Morgan fingerprint density at radius 1 is 1.78 bits per heavy atom. The van der Waals surface area contributed by atoms with E-state index in [1.807, 2.05) is 0 Å². The van der Waals surface area contributed by atoms with Gasteiger partial charge in [-0.2, -0.15) is 0 Å². The highest BCUT2D eigenvalue weighted by molar-refractivity contribution is 14.1. The van der Waals surface area contributed by atoms with Gasteiger partial charge in [0, 0.05) is 2.91 Å². The van der Waals surface area contributed by atoms with E-state index in [4.69, 9.17) is 0 Å². The normalized spacial score (nSPS) is 11.7. The summed E-state index contributed by atoms with van der Waals surface area (Å²) in [5.41, 5.74) is 1.41. The van der Waals surface area contributed by atoms with E-state index < -0.39 is 0 Å². The van der Waals surface area contributed by atoms with Crippen LogP contribution in [0.15, 0.2) is 20.5 Å². The van der Waals surface area contributed by atoms with E-state index >= 15 is 0 Å². The number of hydrogen-bond acceptors (Lipinski definition) is 1. The third-order valence-corrected chi connectivity index (χ3v) is 2.48. The molecule has 0 aromatic heterocycles. The molecule has 52 valence electrons. The molecule has 0 aliphatic heterocycles. The van der Waals surface area contributed by atoms with Gasteiger partial charge in [0.2, 0.25) is 0 Å². The van der Waals surface area contributed by atoms with E-state index in [1.54, 1.807) is 11.8 Å². The first-order valence-electron chi connectivity index (χ1n) is 2.83. The molecule has 0 atom stereocenters. The van der Waals surface area contributed by atoms with Gasteiger partial charge in [0.25, 0.3) is 0 Å². The van der Waals surface area contributed by atoms with Gasteiger partial charge in [-0.25, -0.2) is 0 Å². The van der Waals surface area contributed by atoms with Crippen molar-refractivity contribution in [1.29, 1.82) is 0 Å². The Morgan fingerprint density at radius 2 is 2.33 bits per heavy atom. The minimum Gasteiger partial charge on any atom is -0.0921 e. The van der Waals surface area contributed by atoms with E-state index in [9.17, 15) is 0 Å². The average Bonchev–Trinajstić information content (AvgIpc) is 1.83. The molecule has 0 unspecified atom stereocenters. The van der Waals surface area contributed by atoms with Gasteiger partial charge < -0.3 is 0 Å². The second-order valence-electron chi connectivity index (χ2n) is 1.79. The molecule has 0 nitrogen and oxygen atoms in total. The van der Waals surface area contributed by atoms with Crippen molar-refractivity contribution in [3.63, 3.8) is 0 Å². The molecule has 0 rings (SSSR count). The first-order valence-corrected chi connectivity index (χ1v) is 4.79. The van der Waals surface area contributed by atoms with Crippen molar-refractivity contribution in [2.45, 2.75) is 20.3 Å². The highest BCUT2D eigenvalue weighted by Gasteiger charge is 1.84. The average molecular weight is 254 g/mol. The second-order valence-corrected chi connectivity index (χ2v) is 4.79. The molecule has 0 aromatic rings. The summed E-state index contributed by atoms with van der Waals surface area (Å²) in [6, 6.07) is 0. The summed E-state index contributed by atoms with van der Waals surface area (Å²) in [6.07, 6.45) is 1.14. The van der Waals surface area contributed by atoms with E-state index in [0.29, 0.717) is 0 Å². The van der Waals surface area contributed by atoms with Gasteiger partial charge in [-0.15, -0.1) is 0 Å². The quantitative estimate of drug-likeness (QED) is 0.687. The lowest BCUT2D eigenvalue weighted by Gasteiger charge is -1.92. The number of thioether (sulfide) groups is 1. The van der Waals surface area contributed by atoms with Crippen molar-refractivity contribution in [2.24, 2.45) is 0 Å². The molecule has 0 bridgehead atoms. The van der Waals surface area contributed by atoms with Crippen molar-refractivity contribution in [3.8, 4) is 0 Å². The van der Waals surface area contributed by atoms with Crippen molar-refractivity contribution in [2.75, 3.05) is 0 Å². The van der Waals surface area contributed by atoms with Crippen LogP contribution < -0.4 is 0 Å². The van der Waals surface area contributed by atoms with E-state index in [0.717, 1.165) is 9.33 Å². The van der Waals surface area contributed by atoms with Crippen molar-refractivity contribution in [3.05, 3.63) is 20.5 Å². The van der Waals surface area contributed by atoms with Crippen molar-refractivity contribution < 1.29 is 0 Å². The zero-order valence-electron chi connectivity index (χ0n) is 5.78. The van der Waals surface area contributed by atoms with Gasteiger partial charge in [0.15, 0.2) is 0 Å². The Labute approximate surface area is 74.9 Å². The maximum atomic E-state index is 3.77. The minimum atomic E-state index is 1.13. The molecule has 0 N–H and O–H groups in total. The Morgan fingerprint density at radius 3 is 2.67 bits per heavy atom. The van der Waals surface area contributed by atoms with Gasteiger partial charge in [0.05, 0.1) is 0 Å². The van der Waals surface area contributed by atoms with Crippen LogP contribution in [0, 0.1) is 0 Å². The van der Waals surface area contributed by atoms with E-state index in [-0.39, 0.29) is 0 Å². The Hall–Kier alpha value is 0.560. The number of halogens is 1. The van der Waals surface area contributed by atoms with Gasteiger partial charge in [-0.3, -0.25) is 0 Å². The molecule has 0 saturated carbocycles. The smallest absolute Gasteiger partial charge is 0.0428 e. The number of hydrogen-bond donors (Lipinski definition) is 0. The molecule has 0 amide bonds. The molecule has 0 aliphatic rings. The fourth-order valence-corrected chi connectivity index (χ4v) is 1.12. The predicted octanol–water partition coefficient (Wildman–Crippen LogP) is 3.94. The predicted molar refractivity (Wildman–Crippen MR) is 54.8 cm³/mol. The molecule has 0 saturated heterocycles. The van der Waals surface area contributed by atoms with Crippen LogP contribution >= 0.6 is 34.4 Å². The summed E-state index contributed by atoms with van der Waals surface area (Å²) >= 11 is 3.91. The van der Waals surface area contributed by atoms with E-state index in [1.165, 1.54) is 5.57 Å². The van der Waals surface area contributed by atoms with Crippen LogP contribution in [0.4, 0.5) is 0 Å². The summed E-state index contributed by atoms with van der Waals surface area (Å²) < 4.78 is 1.13. The molecular formula is C7H11IS. The Balaban J connectivity index is 3.56. The topological polar surface area (TPSA) is 0 Å². The van der Waals surface area contributed by atoms with E-state index in [2.05, 4.69) is 48.4 Å². The number of rotatable bonds is 3. The molecule has 9 heavy (non-hydrogen) atoms. The molecular weight excluding hydrogens is 243 g/mol. The lowest BCUT2D eigenvalue weighted by Crippen LogP contribution is -1.65. The molecule has 0 aromatic carbocycles. The zero-order valence-corrected chi connectivity index (χ0v) is 8.75. The maximum Gasteiger partial charge on any atom is 0.0428 e. The molecule has 0 spiro atoms. The second kappa shape index (κ2) is 5.35. The summed E-state index contributed by atoms with van der Waals surface area (Å²) in [5, 5.41) is 2.15. The van der Waals surface area contributed by atoms with Crippen molar-refractivity contribution >= 4 is 34.4 Å². The fourth-order valence-electron chi connectivity index (χ4n) is 0.248. The van der Waals surface area contributed by atoms with Crippen LogP contribution in [0.1, 0.15) is 20.3 Å².